The van der Waals surface area contributed by atoms with Gasteiger partial charge in [0, 0.05) is 7.11 Å². The Labute approximate surface area is 139 Å². The molecule has 22 heavy (non-hydrogen) atoms. The van der Waals surface area contributed by atoms with Crippen LogP contribution in [0.3, 0.4) is 0 Å². The van der Waals surface area contributed by atoms with Gasteiger partial charge in [-0.2, -0.15) is 0 Å². The van der Waals surface area contributed by atoms with Crippen molar-refractivity contribution in [2.24, 2.45) is 0 Å². The summed E-state index contributed by atoms with van der Waals surface area (Å²) in [7, 11) is 1.62. The number of phenols is 1. The molecule has 0 saturated carbocycles. The third-order valence-corrected chi connectivity index (χ3v) is 3.36. The SMILES string of the molecule is COCCOc1cccc(N)c1Cl.Nc1cccc(O)c1Cl. The molecule has 0 unspecified atom stereocenters. The van der Waals surface area contributed by atoms with Crippen LogP contribution in [-0.2, 0) is 4.74 Å². The second-order valence-electron chi connectivity index (χ2n) is 4.18. The summed E-state index contributed by atoms with van der Waals surface area (Å²) in [5.41, 5.74) is 11.8. The van der Waals surface area contributed by atoms with Crippen LogP contribution in [0.1, 0.15) is 0 Å². The highest BCUT2D eigenvalue weighted by molar-refractivity contribution is 6.34. The van der Waals surface area contributed by atoms with Gasteiger partial charge in [0.05, 0.1) is 18.0 Å². The fourth-order valence-corrected chi connectivity index (χ4v) is 1.72. The first-order valence-corrected chi connectivity index (χ1v) is 7.11. The summed E-state index contributed by atoms with van der Waals surface area (Å²) in [5, 5.41) is 9.57. The minimum absolute atomic E-state index is 0.0247. The molecule has 5 N–H and O–H groups in total. The standard InChI is InChI=1S/C9H12ClNO2.C6H6ClNO/c1-12-5-6-13-8-4-2-3-7(11)9(8)10;7-6-4(8)2-1-3-5(6)9/h2-4H,5-6,11H2,1H3;1-3,9H,8H2. The van der Waals surface area contributed by atoms with Gasteiger partial charge in [-0.3, -0.25) is 0 Å². The van der Waals surface area contributed by atoms with E-state index in [1.54, 1.807) is 37.4 Å². The third kappa shape index (κ3) is 5.52. The monoisotopic (exact) mass is 344 g/mol. The minimum Gasteiger partial charge on any atom is -0.506 e. The highest BCUT2D eigenvalue weighted by Crippen LogP contribution is 2.29. The second kappa shape index (κ2) is 9.25. The molecule has 0 radical (unpaired) electrons. The van der Waals surface area contributed by atoms with Gasteiger partial charge in [0.2, 0.25) is 0 Å². The Morgan fingerprint density at radius 3 is 2.09 bits per heavy atom. The van der Waals surface area contributed by atoms with Crippen molar-refractivity contribution in [2.75, 3.05) is 31.8 Å². The lowest BCUT2D eigenvalue weighted by molar-refractivity contribution is 0.146. The zero-order chi connectivity index (χ0) is 16.5. The third-order valence-electron chi connectivity index (χ3n) is 2.55. The highest BCUT2D eigenvalue weighted by atomic mass is 35.5. The van der Waals surface area contributed by atoms with Crippen LogP contribution in [0.25, 0.3) is 0 Å². The molecular weight excluding hydrogens is 327 g/mol. The molecule has 7 heteroatoms. The van der Waals surface area contributed by atoms with Gasteiger partial charge in [0.15, 0.2) is 0 Å². The van der Waals surface area contributed by atoms with Crippen molar-refractivity contribution >= 4 is 34.6 Å². The normalized spacial score (nSPS) is 9.77. The predicted molar refractivity (Wildman–Crippen MR) is 90.8 cm³/mol. The van der Waals surface area contributed by atoms with Crippen molar-refractivity contribution in [3.63, 3.8) is 0 Å². The molecule has 0 bridgehead atoms. The van der Waals surface area contributed by atoms with E-state index < -0.39 is 0 Å². The van der Waals surface area contributed by atoms with Gasteiger partial charge in [0.25, 0.3) is 0 Å². The molecule has 0 aromatic heterocycles. The van der Waals surface area contributed by atoms with Gasteiger partial charge in [0.1, 0.15) is 28.2 Å². The van der Waals surface area contributed by atoms with E-state index in [-0.39, 0.29) is 10.8 Å². The first-order chi connectivity index (χ1) is 10.5. The van der Waals surface area contributed by atoms with Crippen molar-refractivity contribution in [2.45, 2.75) is 0 Å². The summed E-state index contributed by atoms with van der Waals surface area (Å²) >= 11 is 11.4. The van der Waals surface area contributed by atoms with Gasteiger partial charge in [-0.05, 0) is 24.3 Å². The quantitative estimate of drug-likeness (QED) is 0.582. The first kappa shape index (κ1) is 18.2. The van der Waals surface area contributed by atoms with E-state index >= 15 is 0 Å². The Kier molecular flexibility index (Phi) is 7.66. The van der Waals surface area contributed by atoms with Gasteiger partial charge < -0.3 is 26.0 Å². The van der Waals surface area contributed by atoms with Crippen molar-refractivity contribution in [3.8, 4) is 11.5 Å². The molecule has 0 heterocycles. The van der Waals surface area contributed by atoms with Crippen LogP contribution in [-0.4, -0.2) is 25.4 Å². The number of methoxy groups -OCH3 is 1. The average Bonchev–Trinajstić information content (AvgIpc) is 2.50. The number of aromatic hydroxyl groups is 1. The molecule has 0 spiro atoms. The van der Waals surface area contributed by atoms with Crippen LogP contribution in [0.2, 0.25) is 10.0 Å². The zero-order valence-electron chi connectivity index (χ0n) is 12.1. The average molecular weight is 345 g/mol. The molecule has 2 rings (SSSR count). The molecule has 0 saturated heterocycles. The Hall–Kier alpha value is -1.82. The second-order valence-corrected chi connectivity index (χ2v) is 4.94. The van der Waals surface area contributed by atoms with Crippen LogP contribution >= 0.6 is 23.2 Å². The molecule has 2 aromatic rings. The predicted octanol–water partition coefficient (Wildman–Crippen LogP) is 3.58. The lowest BCUT2D eigenvalue weighted by Gasteiger charge is -2.08. The van der Waals surface area contributed by atoms with E-state index in [9.17, 15) is 0 Å². The fraction of sp³-hybridized carbons (Fsp3) is 0.200. The topological polar surface area (TPSA) is 90.7 Å². The molecule has 0 atom stereocenters. The number of halogens is 2. The van der Waals surface area contributed by atoms with Crippen molar-refractivity contribution < 1.29 is 14.6 Å². The lowest BCUT2D eigenvalue weighted by atomic mass is 10.3. The molecule has 5 nitrogen and oxygen atoms in total. The fourth-order valence-electron chi connectivity index (χ4n) is 1.41. The highest BCUT2D eigenvalue weighted by Gasteiger charge is 2.03. The maximum absolute atomic E-state index is 8.89. The molecule has 0 aliphatic heterocycles. The summed E-state index contributed by atoms with van der Waals surface area (Å²) in [6.07, 6.45) is 0. The Balaban J connectivity index is 0.000000235. The van der Waals surface area contributed by atoms with Crippen LogP contribution in [0.5, 0.6) is 11.5 Å². The zero-order valence-corrected chi connectivity index (χ0v) is 13.6. The summed E-state index contributed by atoms with van der Waals surface area (Å²) < 4.78 is 10.2. The number of anilines is 2. The maximum atomic E-state index is 8.89. The van der Waals surface area contributed by atoms with Gasteiger partial charge in [-0.1, -0.05) is 35.3 Å². The van der Waals surface area contributed by atoms with Crippen LogP contribution in [0.15, 0.2) is 36.4 Å². The largest absolute Gasteiger partial charge is 0.506 e. The molecule has 120 valence electrons. The van der Waals surface area contributed by atoms with E-state index in [4.69, 9.17) is 49.2 Å². The number of hydrogen-bond acceptors (Lipinski definition) is 5. The molecule has 0 aliphatic rings. The number of nitrogen functional groups attached to an aromatic ring is 2. The van der Waals surface area contributed by atoms with Gasteiger partial charge in [-0.25, -0.2) is 0 Å². The summed E-state index contributed by atoms with van der Waals surface area (Å²) in [4.78, 5) is 0. The Bertz CT molecular complexity index is 589. The number of phenolic OH excluding ortho intramolecular Hbond substituents is 1. The van der Waals surface area contributed by atoms with Crippen molar-refractivity contribution in [3.05, 3.63) is 46.4 Å². The summed E-state index contributed by atoms with van der Waals surface area (Å²) in [5.74, 6) is 0.621. The first-order valence-electron chi connectivity index (χ1n) is 6.36. The number of rotatable bonds is 4. The Morgan fingerprint density at radius 2 is 1.55 bits per heavy atom. The van der Waals surface area contributed by atoms with Gasteiger partial charge >= 0.3 is 0 Å². The lowest BCUT2D eigenvalue weighted by Crippen LogP contribution is -2.04. The van der Waals surface area contributed by atoms with Gasteiger partial charge in [-0.15, -0.1) is 0 Å². The van der Waals surface area contributed by atoms with Crippen LogP contribution in [0.4, 0.5) is 11.4 Å². The van der Waals surface area contributed by atoms with Crippen LogP contribution in [0, 0.1) is 0 Å². The molecule has 2 aromatic carbocycles. The van der Waals surface area contributed by atoms with E-state index in [2.05, 4.69) is 0 Å². The maximum Gasteiger partial charge on any atom is 0.140 e. The van der Waals surface area contributed by atoms with E-state index in [0.29, 0.717) is 35.4 Å². The number of ether oxygens (including phenoxy) is 2. The molecule has 0 aliphatic carbocycles. The smallest absolute Gasteiger partial charge is 0.140 e. The number of nitrogens with two attached hydrogens (primary N) is 2. The van der Waals surface area contributed by atoms with E-state index in [1.165, 1.54) is 6.07 Å². The molecule has 0 amide bonds. The number of hydrogen-bond donors (Lipinski definition) is 3. The Morgan fingerprint density at radius 1 is 0.955 bits per heavy atom. The van der Waals surface area contributed by atoms with E-state index in [0.717, 1.165) is 0 Å². The summed E-state index contributed by atoms with van der Waals surface area (Å²) in [6.45, 7) is 1.00. The van der Waals surface area contributed by atoms with E-state index in [1.807, 2.05) is 0 Å². The molecular formula is C15H18Cl2N2O3. The number of benzene rings is 2. The summed E-state index contributed by atoms with van der Waals surface area (Å²) in [6, 6.07) is 10.0. The van der Waals surface area contributed by atoms with Crippen molar-refractivity contribution in [1.82, 2.24) is 0 Å². The molecule has 0 fully saturated rings. The minimum atomic E-state index is 0.0247. The van der Waals surface area contributed by atoms with Crippen LogP contribution < -0.4 is 16.2 Å². The van der Waals surface area contributed by atoms with Crippen molar-refractivity contribution in [1.29, 1.82) is 0 Å².